The molecule has 0 saturated heterocycles. The van der Waals surface area contributed by atoms with E-state index in [0.29, 0.717) is 17.6 Å². The summed E-state index contributed by atoms with van der Waals surface area (Å²) in [5, 5.41) is 0. The Bertz CT molecular complexity index is 575. The first-order valence-electron chi connectivity index (χ1n) is 6.31. The summed E-state index contributed by atoms with van der Waals surface area (Å²) in [6.45, 7) is 8.12. The van der Waals surface area contributed by atoms with Crippen LogP contribution in [0, 0.1) is 13.8 Å². The van der Waals surface area contributed by atoms with Crippen LogP contribution in [0.2, 0.25) is 0 Å². The third kappa shape index (κ3) is 2.71. The number of aryl methyl sites for hydroxylation is 2. The average Bonchev–Trinajstić information content (AvgIpc) is 2.38. The first kappa shape index (κ1) is 13.4. The van der Waals surface area contributed by atoms with Crippen LogP contribution < -0.4 is 11.3 Å². The van der Waals surface area contributed by atoms with Crippen LogP contribution in [0.4, 0.5) is 5.82 Å². The van der Waals surface area contributed by atoms with Gasteiger partial charge in [-0.05, 0) is 31.9 Å². The second kappa shape index (κ2) is 5.32. The highest BCUT2D eigenvalue weighted by Gasteiger charge is 2.14. The summed E-state index contributed by atoms with van der Waals surface area (Å²) in [4.78, 5) is 13.3. The van der Waals surface area contributed by atoms with Crippen molar-refractivity contribution in [2.75, 3.05) is 5.43 Å². The van der Waals surface area contributed by atoms with Crippen molar-refractivity contribution in [2.45, 2.75) is 33.6 Å². The molecule has 100 valence electrons. The van der Waals surface area contributed by atoms with Gasteiger partial charge in [0.15, 0.2) is 5.82 Å². The predicted molar refractivity (Wildman–Crippen MR) is 76.6 cm³/mol. The summed E-state index contributed by atoms with van der Waals surface area (Å²) in [7, 11) is 0. The number of nitrogen functional groups attached to an aromatic ring is 1. The molecule has 0 fully saturated rings. The van der Waals surface area contributed by atoms with Gasteiger partial charge in [-0.2, -0.15) is 0 Å². The number of nitrogens with zero attached hydrogens (tertiary/aromatic N) is 3. The van der Waals surface area contributed by atoms with Crippen molar-refractivity contribution in [3.8, 4) is 11.4 Å². The minimum absolute atomic E-state index is 0.316. The number of aromatic nitrogens is 3. The van der Waals surface area contributed by atoms with Crippen LogP contribution in [-0.4, -0.2) is 15.0 Å². The van der Waals surface area contributed by atoms with Gasteiger partial charge in [-0.25, -0.2) is 15.8 Å². The van der Waals surface area contributed by atoms with E-state index in [1.54, 1.807) is 6.20 Å². The summed E-state index contributed by atoms with van der Waals surface area (Å²) in [6.07, 6.45) is 1.78. The van der Waals surface area contributed by atoms with E-state index in [4.69, 9.17) is 5.84 Å². The Kier molecular flexibility index (Phi) is 3.76. The number of pyridine rings is 1. The van der Waals surface area contributed by atoms with E-state index in [2.05, 4.69) is 34.2 Å². The fourth-order valence-electron chi connectivity index (χ4n) is 2.11. The molecule has 19 heavy (non-hydrogen) atoms. The molecule has 3 N–H and O–H groups in total. The van der Waals surface area contributed by atoms with E-state index in [0.717, 1.165) is 22.5 Å². The number of anilines is 1. The second-order valence-electron chi connectivity index (χ2n) is 4.88. The van der Waals surface area contributed by atoms with Gasteiger partial charge in [-0.1, -0.05) is 13.8 Å². The molecule has 2 aromatic heterocycles. The average molecular weight is 257 g/mol. The molecule has 0 saturated carbocycles. The van der Waals surface area contributed by atoms with Crippen LogP contribution in [-0.2, 0) is 0 Å². The minimum atomic E-state index is 0.316. The number of nitrogens with one attached hydrogen (secondary N) is 1. The molecule has 2 heterocycles. The highest BCUT2D eigenvalue weighted by atomic mass is 15.3. The maximum Gasteiger partial charge on any atom is 0.163 e. The van der Waals surface area contributed by atoms with E-state index >= 15 is 0 Å². The van der Waals surface area contributed by atoms with Crippen molar-refractivity contribution < 1.29 is 0 Å². The van der Waals surface area contributed by atoms with Gasteiger partial charge in [0.2, 0.25) is 0 Å². The zero-order chi connectivity index (χ0) is 14.0. The van der Waals surface area contributed by atoms with Crippen molar-refractivity contribution in [3.05, 3.63) is 35.3 Å². The Labute approximate surface area is 113 Å². The maximum atomic E-state index is 5.57. The van der Waals surface area contributed by atoms with E-state index in [1.807, 2.05) is 26.0 Å². The van der Waals surface area contributed by atoms with Crippen LogP contribution in [0.25, 0.3) is 11.4 Å². The van der Waals surface area contributed by atoms with Crippen LogP contribution in [0.1, 0.15) is 36.7 Å². The molecular weight excluding hydrogens is 238 g/mol. The molecule has 0 spiro atoms. The lowest BCUT2D eigenvalue weighted by molar-refractivity contribution is 0.831. The number of hydrogen-bond acceptors (Lipinski definition) is 5. The highest BCUT2D eigenvalue weighted by Crippen LogP contribution is 2.27. The zero-order valence-corrected chi connectivity index (χ0v) is 11.7. The van der Waals surface area contributed by atoms with Crippen LogP contribution >= 0.6 is 0 Å². The van der Waals surface area contributed by atoms with Crippen LogP contribution in [0.5, 0.6) is 0 Å². The predicted octanol–water partition coefficient (Wildman–Crippen LogP) is 2.56. The molecule has 5 heteroatoms. The topological polar surface area (TPSA) is 76.7 Å². The highest BCUT2D eigenvalue weighted by molar-refractivity contribution is 5.59. The Morgan fingerprint density at radius 3 is 2.42 bits per heavy atom. The summed E-state index contributed by atoms with van der Waals surface area (Å²) in [6, 6.07) is 3.91. The molecule has 2 aromatic rings. The Balaban J connectivity index is 2.54. The van der Waals surface area contributed by atoms with Crippen LogP contribution in [0.15, 0.2) is 18.3 Å². The van der Waals surface area contributed by atoms with E-state index in [-0.39, 0.29) is 0 Å². The molecule has 0 bridgehead atoms. The zero-order valence-electron chi connectivity index (χ0n) is 11.7. The van der Waals surface area contributed by atoms with Crippen molar-refractivity contribution in [1.82, 2.24) is 15.0 Å². The first-order valence-corrected chi connectivity index (χ1v) is 6.31. The number of hydrazine groups is 1. The summed E-state index contributed by atoms with van der Waals surface area (Å²) in [5.41, 5.74) is 6.51. The molecule has 0 unspecified atom stereocenters. The summed E-state index contributed by atoms with van der Waals surface area (Å²) >= 11 is 0. The Morgan fingerprint density at radius 1 is 1.16 bits per heavy atom. The van der Waals surface area contributed by atoms with Gasteiger partial charge in [-0.3, -0.25) is 4.98 Å². The monoisotopic (exact) mass is 257 g/mol. The Morgan fingerprint density at radius 2 is 1.89 bits per heavy atom. The number of rotatable bonds is 3. The van der Waals surface area contributed by atoms with Crippen molar-refractivity contribution in [2.24, 2.45) is 5.84 Å². The molecule has 0 aliphatic carbocycles. The minimum Gasteiger partial charge on any atom is -0.308 e. The van der Waals surface area contributed by atoms with Gasteiger partial charge in [0.1, 0.15) is 5.82 Å². The quantitative estimate of drug-likeness (QED) is 0.652. The third-order valence-corrected chi connectivity index (χ3v) is 3.02. The van der Waals surface area contributed by atoms with Crippen molar-refractivity contribution >= 4 is 5.82 Å². The molecule has 0 amide bonds. The van der Waals surface area contributed by atoms with Gasteiger partial charge < -0.3 is 5.43 Å². The van der Waals surface area contributed by atoms with E-state index in [9.17, 15) is 0 Å². The maximum absolute atomic E-state index is 5.57. The number of hydrogen-bond donors (Lipinski definition) is 2. The third-order valence-electron chi connectivity index (χ3n) is 3.02. The fourth-order valence-corrected chi connectivity index (χ4v) is 2.11. The Hall–Kier alpha value is -2.01. The van der Waals surface area contributed by atoms with E-state index in [1.165, 1.54) is 0 Å². The lowest BCUT2D eigenvalue weighted by atomic mass is 10.0. The largest absolute Gasteiger partial charge is 0.308 e. The molecule has 0 aliphatic rings. The molecule has 5 nitrogen and oxygen atoms in total. The molecule has 0 atom stereocenters. The smallest absolute Gasteiger partial charge is 0.163 e. The molecule has 0 aliphatic heterocycles. The second-order valence-corrected chi connectivity index (χ2v) is 4.88. The fraction of sp³-hybridized carbons (Fsp3) is 0.357. The van der Waals surface area contributed by atoms with Crippen molar-refractivity contribution in [1.29, 1.82) is 0 Å². The molecular formula is C14H19N5. The first-order chi connectivity index (χ1) is 9.02. The standard InChI is InChI=1S/C14H19N5/c1-8(2)12-10(4)17-13(18-14(12)19-15)11-6-5-9(3)16-7-11/h5-8H,15H2,1-4H3,(H,17,18,19). The van der Waals surface area contributed by atoms with Gasteiger partial charge in [0.05, 0.1) is 0 Å². The molecule has 2 rings (SSSR count). The number of nitrogens with two attached hydrogens (primary N) is 1. The van der Waals surface area contributed by atoms with Gasteiger partial charge in [0.25, 0.3) is 0 Å². The van der Waals surface area contributed by atoms with Gasteiger partial charge >= 0.3 is 0 Å². The van der Waals surface area contributed by atoms with Gasteiger partial charge in [0, 0.05) is 28.7 Å². The van der Waals surface area contributed by atoms with Crippen molar-refractivity contribution in [3.63, 3.8) is 0 Å². The SMILES string of the molecule is Cc1ccc(-c2nc(C)c(C(C)C)c(NN)n2)cn1. The lowest BCUT2D eigenvalue weighted by Gasteiger charge is -2.15. The van der Waals surface area contributed by atoms with Gasteiger partial charge in [-0.15, -0.1) is 0 Å². The normalized spacial score (nSPS) is 10.8. The summed E-state index contributed by atoms with van der Waals surface area (Å²) < 4.78 is 0. The van der Waals surface area contributed by atoms with E-state index < -0.39 is 0 Å². The lowest BCUT2D eigenvalue weighted by Crippen LogP contribution is -2.14. The molecule has 0 radical (unpaired) electrons. The van der Waals surface area contributed by atoms with Crippen LogP contribution in [0.3, 0.4) is 0 Å². The summed E-state index contributed by atoms with van der Waals surface area (Å²) in [5.74, 6) is 7.21. The molecule has 0 aromatic carbocycles.